The Morgan fingerprint density at radius 2 is 1.65 bits per heavy atom. The molecule has 0 unspecified atom stereocenters. The number of benzene rings is 3. The van der Waals surface area contributed by atoms with Crippen molar-refractivity contribution in [2.45, 2.75) is 25.9 Å². The monoisotopic (exact) mass is 528 g/mol. The van der Waals surface area contributed by atoms with Crippen molar-refractivity contribution in [3.63, 3.8) is 0 Å². The lowest BCUT2D eigenvalue weighted by Crippen LogP contribution is -2.05. The fraction of sp³-hybridized carbons (Fsp3) is 0.148. The third kappa shape index (κ3) is 6.77. The molecule has 0 bridgehead atoms. The number of hydrogen-bond acceptors (Lipinski definition) is 5. The standard InChI is InChI=1S/C27H20ClF3N2O4/c1-16-8-21(5-2-17(16)3-7-26(34)35)36-22-10-20(28)11-23(12-22)37-25-6-4-19(27(29,30)31)9-24(25)18-13-32-15-33-14-18/h2,4-6,8-15H,3,7H2,1H3,(H,34,35). The highest BCUT2D eigenvalue weighted by atomic mass is 35.5. The van der Waals surface area contributed by atoms with Crippen LogP contribution in [0.3, 0.4) is 0 Å². The van der Waals surface area contributed by atoms with Crippen LogP contribution in [0.5, 0.6) is 23.0 Å². The Hall–Kier alpha value is -4.11. The molecular weight excluding hydrogens is 509 g/mol. The molecule has 0 saturated heterocycles. The molecule has 0 aliphatic rings. The van der Waals surface area contributed by atoms with Gasteiger partial charge in [0.05, 0.1) is 5.56 Å². The number of carboxylic acids is 1. The van der Waals surface area contributed by atoms with Crippen molar-refractivity contribution in [2.75, 3.05) is 0 Å². The van der Waals surface area contributed by atoms with Crippen LogP contribution in [0.2, 0.25) is 5.02 Å². The van der Waals surface area contributed by atoms with Gasteiger partial charge in [-0.2, -0.15) is 13.2 Å². The number of aliphatic carboxylic acids is 1. The first kappa shape index (κ1) is 26.0. The van der Waals surface area contributed by atoms with Crippen molar-refractivity contribution in [3.8, 4) is 34.1 Å². The number of ether oxygens (including phenoxy) is 2. The largest absolute Gasteiger partial charge is 0.481 e. The molecule has 190 valence electrons. The third-order valence-corrected chi connectivity index (χ3v) is 5.63. The summed E-state index contributed by atoms with van der Waals surface area (Å²) in [6.07, 6.45) is -0.0514. The second kappa shape index (κ2) is 10.9. The highest BCUT2D eigenvalue weighted by molar-refractivity contribution is 6.30. The molecule has 0 amide bonds. The lowest BCUT2D eigenvalue weighted by Gasteiger charge is -2.15. The normalized spacial score (nSPS) is 11.3. The van der Waals surface area contributed by atoms with Gasteiger partial charge in [-0.15, -0.1) is 0 Å². The second-order valence-electron chi connectivity index (χ2n) is 8.14. The molecule has 0 saturated carbocycles. The first-order valence-electron chi connectivity index (χ1n) is 11.0. The Morgan fingerprint density at radius 1 is 0.946 bits per heavy atom. The molecule has 0 radical (unpaired) electrons. The van der Waals surface area contributed by atoms with Gasteiger partial charge in [0.15, 0.2) is 0 Å². The minimum absolute atomic E-state index is 0.0249. The van der Waals surface area contributed by atoms with Gasteiger partial charge < -0.3 is 14.6 Å². The topological polar surface area (TPSA) is 81.5 Å². The van der Waals surface area contributed by atoms with E-state index in [4.69, 9.17) is 26.2 Å². The predicted molar refractivity (Wildman–Crippen MR) is 131 cm³/mol. The number of rotatable bonds is 8. The minimum Gasteiger partial charge on any atom is -0.481 e. The van der Waals surface area contributed by atoms with Gasteiger partial charge in [-0.05, 0) is 66.9 Å². The molecule has 0 spiro atoms. The summed E-state index contributed by atoms with van der Waals surface area (Å²) in [5.41, 5.74) is 1.43. The van der Waals surface area contributed by atoms with E-state index in [9.17, 15) is 18.0 Å². The maximum Gasteiger partial charge on any atom is 0.416 e. The highest BCUT2D eigenvalue weighted by Crippen LogP contribution is 2.40. The van der Waals surface area contributed by atoms with E-state index in [1.165, 1.54) is 30.9 Å². The van der Waals surface area contributed by atoms with E-state index in [-0.39, 0.29) is 23.5 Å². The van der Waals surface area contributed by atoms with Gasteiger partial charge in [0.25, 0.3) is 0 Å². The van der Waals surface area contributed by atoms with Gasteiger partial charge in [-0.25, -0.2) is 9.97 Å². The van der Waals surface area contributed by atoms with Gasteiger partial charge in [-0.1, -0.05) is 17.7 Å². The maximum absolute atomic E-state index is 13.4. The van der Waals surface area contributed by atoms with Crippen LogP contribution in [0.25, 0.3) is 11.1 Å². The SMILES string of the molecule is Cc1cc(Oc2cc(Cl)cc(Oc3ccc(C(F)(F)F)cc3-c3cncnc3)c2)ccc1CCC(=O)O. The van der Waals surface area contributed by atoms with Crippen molar-refractivity contribution in [3.05, 3.63) is 95.0 Å². The minimum atomic E-state index is -4.54. The summed E-state index contributed by atoms with van der Waals surface area (Å²) in [5.74, 6) is 0.366. The summed E-state index contributed by atoms with van der Waals surface area (Å²) in [4.78, 5) is 18.6. The summed E-state index contributed by atoms with van der Waals surface area (Å²) >= 11 is 6.27. The van der Waals surface area contributed by atoms with Gasteiger partial charge in [0.2, 0.25) is 0 Å². The zero-order chi connectivity index (χ0) is 26.6. The van der Waals surface area contributed by atoms with Crippen LogP contribution in [0.15, 0.2) is 73.3 Å². The van der Waals surface area contributed by atoms with E-state index in [2.05, 4.69) is 9.97 Å². The number of alkyl halides is 3. The fourth-order valence-corrected chi connectivity index (χ4v) is 3.85. The Kier molecular flexibility index (Phi) is 7.63. The van der Waals surface area contributed by atoms with Crippen molar-refractivity contribution in [1.82, 2.24) is 9.97 Å². The van der Waals surface area contributed by atoms with Crippen LogP contribution in [-0.2, 0) is 17.4 Å². The molecule has 1 N–H and O–H groups in total. The molecule has 6 nitrogen and oxygen atoms in total. The van der Waals surface area contributed by atoms with Crippen LogP contribution in [0.4, 0.5) is 13.2 Å². The van der Waals surface area contributed by atoms with Crippen molar-refractivity contribution >= 4 is 17.6 Å². The summed E-state index contributed by atoms with van der Waals surface area (Å²) in [7, 11) is 0. The Labute approximate surface area is 215 Å². The Bertz CT molecular complexity index is 1430. The molecular formula is C27H20ClF3N2O4. The number of carboxylic acid groups (broad SMARTS) is 1. The van der Waals surface area contributed by atoms with Crippen LogP contribution < -0.4 is 9.47 Å². The number of nitrogens with zero attached hydrogens (tertiary/aromatic N) is 2. The van der Waals surface area contributed by atoms with Gasteiger partial charge in [-0.3, -0.25) is 4.79 Å². The summed E-state index contributed by atoms with van der Waals surface area (Å²) in [5, 5.41) is 9.19. The van der Waals surface area contributed by atoms with E-state index in [0.29, 0.717) is 28.5 Å². The number of aromatic nitrogens is 2. The van der Waals surface area contributed by atoms with Gasteiger partial charge in [0.1, 0.15) is 29.3 Å². The van der Waals surface area contributed by atoms with Gasteiger partial charge >= 0.3 is 12.1 Å². The van der Waals surface area contributed by atoms with Gasteiger partial charge in [0, 0.05) is 41.0 Å². The molecule has 1 heterocycles. The van der Waals surface area contributed by atoms with E-state index in [1.807, 2.05) is 6.92 Å². The maximum atomic E-state index is 13.4. The Balaban J connectivity index is 1.61. The van der Waals surface area contributed by atoms with E-state index >= 15 is 0 Å². The van der Waals surface area contributed by atoms with Crippen LogP contribution in [0.1, 0.15) is 23.1 Å². The smallest absolute Gasteiger partial charge is 0.416 e. The molecule has 3 aromatic carbocycles. The highest BCUT2D eigenvalue weighted by Gasteiger charge is 2.31. The van der Waals surface area contributed by atoms with Crippen molar-refractivity contribution < 1.29 is 32.5 Å². The number of aryl methyl sites for hydroxylation is 2. The van der Waals surface area contributed by atoms with E-state index in [0.717, 1.165) is 23.3 Å². The number of halogens is 4. The van der Waals surface area contributed by atoms with Crippen LogP contribution in [-0.4, -0.2) is 21.0 Å². The summed E-state index contributed by atoms with van der Waals surface area (Å²) in [6, 6.07) is 13.1. The van der Waals surface area contributed by atoms with Crippen molar-refractivity contribution in [2.24, 2.45) is 0 Å². The van der Waals surface area contributed by atoms with Crippen molar-refractivity contribution in [1.29, 1.82) is 0 Å². The lowest BCUT2D eigenvalue weighted by atomic mass is 10.0. The average molecular weight is 529 g/mol. The quantitative estimate of drug-likeness (QED) is 0.252. The lowest BCUT2D eigenvalue weighted by molar-refractivity contribution is -0.138. The summed E-state index contributed by atoms with van der Waals surface area (Å²) in [6.45, 7) is 1.86. The van der Waals surface area contributed by atoms with Crippen LogP contribution >= 0.6 is 11.6 Å². The first-order chi connectivity index (χ1) is 17.6. The van der Waals surface area contributed by atoms with Crippen LogP contribution in [0, 0.1) is 6.92 Å². The summed E-state index contributed by atoms with van der Waals surface area (Å²) < 4.78 is 51.9. The first-order valence-corrected chi connectivity index (χ1v) is 11.4. The zero-order valence-corrected chi connectivity index (χ0v) is 20.2. The average Bonchev–Trinajstić information content (AvgIpc) is 2.83. The number of carbonyl (C=O) groups is 1. The molecule has 0 atom stereocenters. The number of hydrogen-bond donors (Lipinski definition) is 1. The molecule has 0 fully saturated rings. The molecule has 10 heteroatoms. The molecule has 1 aromatic heterocycles. The molecule has 0 aliphatic heterocycles. The Morgan fingerprint density at radius 3 is 2.30 bits per heavy atom. The third-order valence-electron chi connectivity index (χ3n) is 5.41. The second-order valence-corrected chi connectivity index (χ2v) is 8.58. The zero-order valence-electron chi connectivity index (χ0n) is 19.4. The molecule has 37 heavy (non-hydrogen) atoms. The van der Waals surface area contributed by atoms with E-state index < -0.39 is 17.7 Å². The molecule has 4 rings (SSSR count). The molecule has 4 aromatic rings. The fourth-order valence-electron chi connectivity index (χ4n) is 3.63. The predicted octanol–water partition coefficient (Wildman–Crippen LogP) is 7.73. The molecule has 0 aliphatic carbocycles. The van der Waals surface area contributed by atoms with E-state index in [1.54, 1.807) is 30.3 Å².